The van der Waals surface area contributed by atoms with Crippen molar-refractivity contribution in [2.75, 3.05) is 20.5 Å². The molecule has 226 valence electrons. The summed E-state index contributed by atoms with van der Waals surface area (Å²) in [6, 6.07) is 30.4. The molecule has 0 saturated heterocycles. The van der Waals surface area contributed by atoms with Gasteiger partial charge in [0, 0.05) is 16.5 Å². The number of carbonyl (C=O) groups excluding carboxylic acids is 1. The largest absolute Gasteiger partial charge is 0.497 e. The van der Waals surface area contributed by atoms with Crippen LogP contribution in [-0.4, -0.2) is 37.1 Å². The molecule has 0 saturated carbocycles. The minimum absolute atomic E-state index is 0.206. The van der Waals surface area contributed by atoms with Crippen LogP contribution in [0.4, 0.5) is 0 Å². The lowest BCUT2D eigenvalue weighted by atomic mass is 10.0. The third-order valence-corrected chi connectivity index (χ3v) is 7.37. The molecule has 0 unspecified atom stereocenters. The molecule has 0 radical (unpaired) electrons. The maximum absolute atomic E-state index is 13.7. The Bertz CT molecular complexity index is 1860. The maximum atomic E-state index is 13.7. The fourth-order valence-corrected chi connectivity index (χ4v) is 4.89. The molecule has 45 heavy (non-hydrogen) atoms. The first-order chi connectivity index (χ1) is 22.1. The van der Waals surface area contributed by atoms with Crippen molar-refractivity contribution in [3.8, 4) is 34.3 Å². The predicted molar refractivity (Wildman–Crippen MR) is 176 cm³/mol. The zero-order valence-electron chi connectivity index (χ0n) is 25.2. The minimum atomic E-state index is -0.350. The van der Waals surface area contributed by atoms with Crippen molar-refractivity contribution in [2.45, 2.75) is 19.8 Å². The van der Waals surface area contributed by atoms with E-state index in [1.165, 1.54) is 0 Å². The predicted octanol–water partition coefficient (Wildman–Crippen LogP) is 7.67. The number of ether oxygens (including phenoxy) is 4. The van der Waals surface area contributed by atoms with Gasteiger partial charge in [0.2, 0.25) is 6.79 Å². The maximum Gasteiger partial charge on any atom is 0.272 e. The highest BCUT2D eigenvalue weighted by Crippen LogP contribution is 2.33. The van der Waals surface area contributed by atoms with Crippen molar-refractivity contribution in [1.29, 1.82) is 0 Å². The lowest BCUT2D eigenvalue weighted by Gasteiger charge is -2.11. The standard InChI is InChI=1S/C37H33N3O5/c1-3-4-21-43-29-17-13-27(14-18-29)34-23-31(30-7-5-6-8-33(30)38-34)37(41)40-39-32(26-11-15-28(42-2)16-12-26)19-9-25-10-20-35-36(22-25)45-24-44-35/h5-20,22-23H,3-4,21,24H2,1-2H3,(H,40,41)/b19-9+,39-32?. The quantitative estimate of drug-likeness (QED) is 0.0952. The van der Waals surface area contributed by atoms with Crippen LogP contribution in [0.15, 0.2) is 108 Å². The molecule has 8 nitrogen and oxygen atoms in total. The summed E-state index contributed by atoms with van der Waals surface area (Å²) in [5, 5.41) is 5.30. The molecule has 8 heteroatoms. The number of amides is 1. The normalized spacial score (nSPS) is 12.4. The second-order valence-corrected chi connectivity index (χ2v) is 10.4. The van der Waals surface area contributed by atoms with Crippen LogP contribution in [0.3, 0.4) is 0 Å². The number of aromatic nitrogens is 1. The molecule has 2 heterocycles. The van der Waals surface area contributed by atoms with Gasteiger partial charge in [-0.15, -0.1) is 0 Å². The van der Waals surface area contributed by atoms with E-state index in [2.05, 4.69) is 17.5 Å². The molecule has 1 aromatic heterocycles. The summed E-state index contributed by atoms with van der Waals surface area (Å²) in [6.45, 7) is 3.02. The highest BCUT2D eigenvalue weighted by molar-refractivity contribution is 6.12. The Kier molecular flexibility index (Phi) is 9.01. The molecule has 1 amide bonds. The van der Waals surface area contributed by atoms with Gasteiger partial charge in [0.1, 0.15) is 11.5 Å². The first kappa shape index (κ1) is 29.4. The van der Waals surface area contributed by atoms with Gasteiger partial charge in [-0.1, -0.05) is 43.7 Å². The highest BCUT2D eigenvalue weighted by Gasteiger charge is 2.15. The molecule has 4 aromatic carbocycles. The molecule has 5 aromatic rings. The van der Waals surface area contributed by atoms with Gasteiger partial charge in [0.25, 0.3) is 5.91 Å². The van der Waals surface area contributed by atoms with Crippen LogP contribution in [-0.2, 0) is 0 Å². The SMILES string of the molecule is CCCCOc1ccc(-c2cc(C(=O)NN=C(/C=C/c3ccc4c(c3)OCO4)c3ccc(OC)cc3)c3ccccc3n2)cc1. The van der Waals surface area contributed by atoms with Gasteiger partial charge in [0.15, 0.2) is 11.5 Å². The topological polar surface area (TPSA) is 91.3 Å². The van der Waals surface area contributed by atoms with Crippen LogP contribution < -0.4 is 24.4 Å². The van der Waals surface area contributed by atoms with Gasteiger partial charge < -0.3 is 18.9 Å². The summed E-state index contributed by atoms with van der Waals surface area (Å²) in [4.78, 5) is 18.6. The fourth-order valence-electron chi connectivity index (χ4n) is 4.89. The van der Waals surface area contributed by atoms with Crippen LogP contribution in [0.1, 0.15) is 41.3 Å². The third kappa shape index (κ3) is 6.96. The summed E-state index contributed by atoms with van der Waals surface area (Å²) < 4.78 is 22.1. The number of unbranched alkanes of at least 4 members (excludes halogenated alkanes) is 1. The molecule has 1 N–H and O–H groups in total. The molecule has 1 aliphatic heterocycles. The number of pyridine rings is 1. The van der Waals surface area contributed by atoms with Crippen molar-refractivity contribution >= 4 is 28.6 Å². The number of hydrogen-bond acceptors (Lipinski definition) is 7. The Morgan fingerprint density at radius 1 is 0.933 bits per heavy atom. The van der Waals surface area contributed by atoms with E-state index in [1.54, 1.807) is 13.2 Å². The smallest absolute Gasteiger partial charge is 0.272 e. The van der Waals surface area contributed by atoms with Crippen LogP contribution in [0.2, 0.25) is 0 Å². The van der Waals surface area contributed by atoms with Crippen molar-refractivity contribution in [3.63, 3.8) is 0 Å². The van der Waals surface area contributed by atoms with E-state index in [9.17, 15) is 4.79 Å². The summed E-state index contributed by atoms with van der Waals surface area (Å²) in [7, 11) is 1.62. The molecular formula is C37H33N3O5. The van der Waals surface area contributed by atoms with E-state index in [0.29, 0.717) is 40.6 Å². The molecule has 0 atom stereocenters. The lowest BCUT2D eigenvalue weighted by molar-refractivity contribution is 0.0956. The summed E-state index contributed by atoms with van der Waals surface area (Å²) in [6.07, 6.45) is 5.83. The van der Waals surface area contributed by atoms with Gasteiger partial charge in [-0.3, -0.25) is 4.79 Å². The van der Waals surface area contributed by atoms with Gasteiger partial charge >= 0.3 is 0 Å². The Morgan fingerprint density at radius 3 is 2.51 bits per heavy atom. The summed E-state index contributed by atoms with van der Waals surface area (Å²) >= 11 is 0. The molecule has 0 aliphatic carbocycles. The van der Waals surface area contributed by atoms with E-state index in [-0.39, 0.29) is 12.7 Å². The number of fused-ring (bicyclic) bond motifs is 2. The van der Waals surface area contributed by atoms with Crippen molar-refractivity contribution in [1.82, 2.24) is 10.4 Å². The molecule has 1 aliphatic rings. The van der Waals surface area contributed by atoms with Crippen molar-refractivity contribution in [3.05, 3.63) is 120 Å². The molecule has 0 fully saturated rings. The second kappa shape index (κ2) is 13.8. The minimum Gasteiger partial charge on any atom is -0.497 e. The summed E-state index contributed by atoms with van der Waals surface area (Å²) in [5.41, 5.74) is 7.79. The molecule has 6 rings (SSSR count). The Balaban J connectivity index is 1.30. The zero-order chi connectivity index (χ0) is 31.0. The van der Waals surface area contributed by atoms with Crippen LogP contribution in [0.25, 0.3) is 28.2 Å². The molecular weight excluding hydrogens is 566 g/mol. The fraction of sp³-hybridized carbons (Fsp3) is 0.162. The number of carbonyl (C=O) groups is 1. The lowest BCUT2D eigenvalue weighted by Crippen LogP contribution is -2.20. The van der Waals surface area contributed by atoms with E-state index in [1.807, 2.05) is 103 Å². The number of para-hydroxylation sites is 1. The number of nitrogens with one attached hydrogen (secondary N) is 1. The van der Waals surface area contributed by atoms with Gasteiger partial charge in [0.05, 0.1) is 36.2 Å². The Labute approximate surface area is 261 Å². The number of allylic oxidation sites excluding steroid dienone is 1. The third-order valence-electron chi connectivity index (χ3n) is 7.37. The van der Waals surface area contributed by atoms with Crippen LogP contribution in [0.5, 0.6) is 23.0 Å². The number of rotatable bonds is 11. The first-order valence-corrected chi connectivity index (χ1v) is 14.8. The number of hydrogen-bond donors (Lipinski definition) is 1. The second-order valence-electron chi connectivity index (χ2n) is 10.4. The van der Waals surface area contributed by atoms with E-state index < -0.39 is 0 Å². The number of nitrogens with zero attached hydrogens (tertiary/aromatic N) is 2. The van der Waals surface area contributed by atoms with Crippen LogP contribution >= 0.6 is 0 Å². The van der Waals surface area contributed by atoms with Crippen molar-refractivity contribution < 1.29 is 23.7 Å². The molecule has 0 bridgehead atoms. The van der Waals surface area contributed by atoms with Gasteiger partial charge in [-0.2, -0.15) is 5.10 Å². The average molecular weight is 600 g/mol. The van der Waals surface area contributed by atoms with Crippen LogP contribution in [0, 0.1) is 0 Å². The highest BCUT2D eigenvalue weighted by atomic mass is 16.7. The number of benzene rings is 4. The number of methoxy groups -OCH3 is 1. The zero-order valence-corrected chi connectivity index (χ0v) is 25.2. The van der Waals surface area contributed by atoms with Crippen molar-refractivity contribution in [2.24, 2.45) is 5.10 Å². The molecule has 0 spiro atoms. The van der Waals surface area contributed by atoms with Gasteiger partial charge in [-0.05, 0) is 90.9 Å². The number of hydrazone groups is 1. The Hall–Kier alpha value is -5.63. The first-order valence-electron chi connectivity index (χ1n) is 14.8. The summed E-state index contributed by atoms with van der Waals surface area (Å²) in [5.74, 6) is 2.58. The van der Waals surface area contributed by atoms with E-state index >= 15 is 0 Å². The van der Waals surface area contributed by atoms with Gasteiger partial charge in [-0.25, -0.2) is 10.4 Å². The average Bonchev–Trinajstić information content (AvgIpc) is 3.56. The Morgan fingerprint density at radius 2 is 1.71 bits per heavy atom. The van der Waals surface area contributed by atoms with E-state index in [0.717, 1.165) is 46.4 Å². The monoisotopic (exact) mass is 599 g/mol. The van der Waals surface area contributed by atoms with E-state index in [4.69, 9.17) is 23.9 Å².